The van der Waals surface area contributed by atoms with Crippen LogP contribution in [0.3, 0.4) is 0 Å². The minimum Gasteiger partial charge on any atom is -0.493 e. The molecule has 0 aliphatic rings. The zero-order valence-electron chi connectivity index (χ0n) is 11.0. The number of ketones is 1. The van der Waals surface area contributed by atoms with E-state index in [4.69, 9.17) is 32.7 Å². The van der Waals surface area contributed by atoms with Crippen molar-refractivity contribution in [3.8, 4) is 11.5 Å². The van der Waals surface area contributed by atoms with E-state index in [1.54, 1.807) is 24.3 Å². The van der Waals surface area contributed by atoms with Crippen LogP contribution in [0.2, 0.25) is 10.0 Å². The first-order valence-electron chi connectivity index (χ1n) is 5.96. The quantitative estimate of drug-likeness (QED) is 0.673. The summed E-state index contributed by atoms with van der Waals surface area (Å²) in [7, 11) is 1.53. The monoisotopic (exact) mass is 388 g/mol. The molecule has 0 aromatic heterocycles. The summed E-state index contributed by atoms with van der Waals surface area (Å²) in [5.74, 6) is 0.771. The van der Waals surface area contributed by atoms with Gasteiger partial charge in [0.2, 0.25) is 5.78 Å². The molecule has 0 bridgehead atoms. The van der Waals surface area contributed by atoms with Gasteiger partial charge in [-0.3, -0.25) is 4.79 Å². The van der Waals surface area contributed by atoms with Crippen molar-refractivity contribution in [2.24, 2.45) is 0 Å². The third kappa shape index (κ3) is 3.90. The van der Waals surface area contributed by atoms with Crippen molar-refractivity contribution in [1.82, 2.24) is 0 Å². The highest BCUT2D eigenvalue weighted by molar-refractivity contribution is 9.10. The molecule has 0 N–H and O–H groups in total. The summed E-state index contributed by atoms with van der Waals surface area (Å²) < 4.78 is 11.4. The zero-order valence-corrected chi connectivity index (χ0v) is 14.1. The van der Waals surface area contributed by atoms with Gasteiger partial charge in [-0.1, -0.05) is 29.3 Å². The number of carbonyl (C=O) groups is 1. The van der Waals surface area contributed by atoms with Gasteiger partial charge in [-0.15, -0.1) is 0 Å². The zero-order chi connectivity index (χ0) is 15.4. The van der Waals surface area contributed by atoms with Crippen LogP contribution in [0.5, 0.6) is 11.5 Å². The molecule has 0 aliphatic carbocycles. The molecule has 0 spiro atoms. The van der Waals surface area contributed by atoms with E-state index in [1.165, 1.54) is 13.2 Å². The van der Waals surface area contributed by atoms with Crippen LogP contribution < -0.4 is 9.47 Å². The molecule has 21 heavy (non-hydrogen) atoms. The van der Waals surface area contributed by atoms with Gasteiger partial charge in [-0.2, -0.15) is 0 Å². The Labute approximate surface area is 140 Å². The van der Waals surface area contributed by atoms with Crippen molar-refractivity contribution in [3.05, 3.63) is 56.5 Å². The van der Waals surface area contributed by atoms with Crippen LogP contribution in [0.15, 0.2) is 40.9 Å². The molecule has 2 aromatic carbocycles. The Morgan fingerprint density at radius 1 is 1.24 bits per heavy atom. The van der Waals surface area contributed by atoms with Crippen molar-refractivity contribution in [3.63, 3.8) is 0 Å². The highest BCUT2D eigenvalue weighted by atomic mass is 79.9. The molecule has 0 radical (unpaired) electrons. The first kappa shape index (κ1) is 16.1. The fourth-order valence-electron chi connectivity index (χ4n) is 1.72. The predicted octanol–water partition coefficient (Wildman–Crippen LogP) is 5.03. The topological polar surface area (TPSA) is 35.5 Å². The van der Waals surface area contributed by atoms with Gasteiger partial charge in [0.05, 0.1) is 16.6 Å². The number of ether oxygens (including phenoxy) is 2. The fraction of sp³-hybridized carbons (Fsp3) is 0.133. The number of carbonyl (C=O) groups excluding carboxylic acids is 1. The fourth-order valence-corrected chi connectivity index (χ4v) is 2.70. The van der Waals surface area contributed by atoms with Crippen LogP contribution in [0.1, 0.15) is 10.4 Å². The van der Waals surface area contributed by atoms with E-state index in [1.807, 2.05) is 6.07 Å². The highest BCUT2D eigenvalue weighted by Crippen LogP contribution is 2.35. The molecule has 0 saturated heterocycles. The van der Waals surface area contributed by atoms with Crippen LogP contribution in [-0.2, 0) is 0 Å². The average molecular weight is 390 g/mol. The summed E-state index contributed by atoms with van der Waals surface area (Å²) in [6.07, 6.45) is 0. The van der Waals surface area contributed by atoms with Crippen molar-refractivity contribution in [1.29, 1.82) is 0 Å². The lowest BCUT2D eigenvalue weighted by molar-refractivity contribution is 0.0919. The molecule has 0 heterocycles. The molecular formula is C15H11BrCl2O3. The first-order chi connectivity index (χ1) is 10.0. The number of hydrogen-bond acceptors (Lipinski definition) is 3. The number of Topliss-reactive ketones (excluding diaryl/α,β-unsaturated/α-hetero) is 1. The molecular weight excluding hydrogens is 379 g/mol. The Balaban J connectivity index is 2.15. The third-order valence-corrected chi connectivity index (χ3v) is 3.90. The molecule has 6 heteroatoms. The van der Waals surface area contributed by atoms with Gasteiger partial charge >= 0.3 is 0 Å². The lowest BCUT2D eigenvalue weighted by Gasteiger charge is -2.12. The molecule has 2 aromatic rings. The van der Waals surface area contributed by atoms with E-state index in [0.29, 0.717) is 31.6 Å². The number of para-hydroxylation sites is 1. The van der Waals surface area contributed by atoms with Gasteiger partial charge in [-0.05, 0) is 46.3 Å². The van der Waals surface area contributed by atoms with Gasteiger partial charge in [-0.25, -0.2) is 0 Å². The number of hydrogen-bond donors (Lipinski definition) is 0. The molecule has 2 rings (SSSR count). The molecule has 0 aliphatic heterocycles. The first-order valence-corrected chi connectivity index (χ1v) is 7.51. The van der Waals surface area contributed by atoms with Gasteiger partial charge in [0.1, 0.15) is 0 Å². The molecule has 0 atom stereocenters. The van der Waals surface area contributed by atoms with Crippen molar-refractivity contribution in [2.75, 3.05) is 13.7 Å². The van der Waals surface area contributed by atoms with Crippen molar-refractivity contribution >= 4 is 44.9 Å². The van der Waals surface area contributed by atoms with E-state index in [0.717, 1.165) is 0 Å². The van der Waals surface area contributed by atoms with E-state index in [2.05, 4.69) is 15.9 Å². The van der Waals surface area contributed by atoms with Gasteiger partial charge in [0.25, 0.3) is 0 Å². The van der Waals surface area contributed by atoms with E-state index in [-0.39, 0.29) is 12.4 Å². The molecule has 0 fully saturated rings. The van der Waals surface area contributed by atoms with Crippen LogP contribution in [0.4, 0.5) is 0 Å². The Hall–Kier alpha value is -1.23. The van der Waals surface area contributed by atoms with Crippen LogP contribution in [0.25, 0.3) is 0 Å². The summed E-state index contributed by atoms with van der Waals surface area (Å²) in [6, 6.07) is 10.1. The normalized spacial score (nSPS) is 10.3. The summed E-state index contributed by atoms with van der Waals surface area (Å²) in [6.45, 7) is -0.152. The Morgan fingerprint density at radius 2 is 2.00 bits per heavy atom. The number of methoxy groups -OCH3 is 1. The molecule has 0 amide bonds. The maximum absolute atomic E-state index is 12.2. The summed E-state index contributed by atoms with van der Waals surface area (Å²) in [4.78, 5) is 12.2. The smallest absolute Gasteiger partial charge is 0.201 e. The van der Waals surface area contributed by atoms with E-state index in [9.17, 15) is 4.79 Å². The van der Waals surface area contributed by atoms with Gasteiger partial charge < -0.3 is 9.47 Å². The average Bonchev–Trinajstić information content (AvgIpc) is 2.45. The molecule has 110 valence electrons. The van der Waals surface area contributed by atoms with Crippen molar-refractivity contribution < 1.29 is 14.3 Å². The second kappa shape index (κ2) is 7.16. The van der Waals surface area contributed by atoms with Gasteiger partial charge in [0.15, 0.2) is 18.1 Å². The van der Waals surface area contributed by atoms with Crippen LogP contribution >= 0.6 is 39.1 Å². The SMILES string of the molecule is COc1cccc(Br)c1OCC(=O)c1ccc(Cl)cc1Cl. The standard InChI is InChI=1S/C15H11BrCl2O3/c1-20-14-4-2-3-11(16)15(14)21-8-13(19)10-6-5-9(17)7-12(10)18/h2-7H,8H2,1H3. The van der Waals surface area contributed by atoms with Crippen LogP contribution in [0, 0.1) is 0 Å². The van der Waals surface area contributed by atoms with Crippen LogP contribution in [-0.4, -0.2) is 19.5 Å². The van der Waals surface area contributed by atoms with E-state index < -0.39 is 0 Å². The van der Waals surface area contributed by atoms with Crippen molar-refractivity contribution in [2.45, 2.75) is 0 Å². The maximum atomic E-state index is 12.2. The molecule has 3 nitrogen and oxygen atoms in total. The highest BCUT2D eigenvalue weighted by Gasteiger charge is 2.14. The van der Waals surface area contributed by atoms with E-state index >= 15 is 0 Å². The predicted molar refractivity (Wildman–Crippen MR) is 87.0 cm³/mol. The second-order valence-electron chi connectivity index (χ2n) is 4.11. The summed E-state index contributed by atoms with van der Waals surface area (Å²) in [5.41, 5.74) is 0.368. The minimum absolute atomic E-state index is 0.152. The summed E-state index contributed by atoms with van der Waals surface area (Å²) >= 11 is 15.2. The minimum atomic E-state index is -0.241. The molecule has 0 unspecified atom stereocenters. The number of halogens is 3. The third-order valence-electron chi connectivity index (χ3n) is 2.73. The Bertz CT molecular complexity index is 674. The lowest BCUT2D eigenvalue weighted by Crippen LogP contribution is -2.12. The maximum Gasteiger partial charge on any atom is 0.201 e. The summed E-state index contributed by atoms with van der Waals surface area (Å²) in [5, 5.41) is 0.778. The molecule has 0 saturated carbocycles. The largest absolute Gasteiger partial charge is 0.493 e. The Kier molecular flexibility index (Phi) is 5.51. The Morgan fingerprint density at radius 3 is 2.67 bits per heavy atom. The number of benzene rings is 2. The number of rotatable bonds is 5. The second-order valence-corrected chi connectivity index (χ2v) is 5.81. The lowest BCUT2D eigenvalue weighted by atomic mass is 10.1. The van der Waals surface area contributed by atoms with Gasteiger partial charge in [0, 0.05) is 10.6 Å².